The lowest BCUT2D eigenvalue weighted by Crippen LogP contribution is -2.44. The number of rotatable bonds is 14. The summed E-state index contributed by atoms with van der Waals surface area (Å²) in [5.74, 6) is -1.84. The third-order valence-corrected chi connectivity index (χ3v) is 12.5. The summed E-state index contributed by atoms with van der Waals surface area (Å²) in [6.45, 7) is 2.38. The second-order valence-corrected chi connectivity index (χ2v) is 16.7. The first kappa shape index (κ1) is 52.1. The van der Waals surface area contributed by atoms with Crippen molar-refractivity contribution in [1.29, 1.82) is 0 Å². The van der Waals surface area contributed by atoms with Gasteiger partial charge in [0.25, 0.3) is 0 Å². The molecule has 2 N–H and O–H groups in total. The van der Waals surface area contributed by atoms with Gasteiger partial charge in [0, 0.05) is 45.4 Å². The van der Waals surface area contributed by atoms with Crippen molar-refractivity contribution < 1.29 is 33.8 Å². The van der Waals surface area contributed by atoms with E-state index in [0.717, 1.165) is 35.9 Å². The van der Waals surface area contributed by atoms with E-state index in [1.165, 1.54) is 25.3 Å². The average Bonchev–Trinajstić information content (AvgIpc) is 4.05. The topological polar surface area (TPSA) is 129 Å². The summed E-state index contributed by atoms with van der Waals surface area (Å²) in [4.78, 5) is 58.8. The molecule has 2 aliphatic rings. The molecule has 0 radical (unpaired) electrons. The standard InChI is InChI=1S/C28H30N2O3.C27H28N2O3.CH4O.CH4/c1-29(19-21-12-6-3-7-13-21)24-18-25(28(32)33-2)30(20-24)27(31)26(22-14-8-4-9-15-22)23-16-10-5-11-17-23;1-32-27(31)24-17-23(28-18-20-11-5-2-6-12-20)19-29(24)26(30)25(21-13-7-3-8-14-21)22-15-9-4-10-16-22;1-2;/h3-17,24-26H,18-20H2,1-2H3;2-16,23-25,28H,17-19H2,1H3;2H,1H3;1H4/t24-,25-;23-,24-;;/m00../s1. The van der Waals surface area contributed by atoms with Crippen LogP contribution < -0.4 is 5.32 Å². The van der Waals surface area contributed by atoms with E-state index < -0.39 is 23.9 Å². The number of carbonyl (C=O) groups is 4. The maximum Gasteiger partial charge on any atom is 0.328 e. The molecule has 11 nitrogen and oxygen atoms in total. The fraction of sp³-hybridized carbons (Fsp3) is 0.298. The summed E-state index contributed by atoms with van der Waals surface area (Å²) in [6.07, 6.45) is 1.08. The smallest absolute Gasteiger partial charge is 0.328 e. The Hall–Kier alpha value is -6.92. The molecule has 0 spiro atoms. The van der Waals surface area contributed by atoms with Gasteiger partial charge in [-0.15, -0.1) is 0 Å². The number of ether oxygens (including phenoxy) is 2. The van der Waals surface area contributed by atoms with Gasteiger partial charge in [0.05, 0.1) is 26.1 Å². The van der Waals surface area contributed by atoms with Crippen LogP contribution in [0.1, 0.15) is 65.5 Å². The number of benzene rings is 6. The van der Waals surface area contributed by atoms with E-state index in [1.54, 1.807) is 9.80 Å². The largest absolute Gasteiger partial charge is 0.467 e. The van der Waals surface area contributed by atoms with Crippen molar-refractivity contribution in [1.82, 2.24) is 20.0 Å². The molecule has 2 saturated heterocycles. The van der Waals surface area contributed by atoms with Crippen LogP contribution in [-0.4, -0.2) is 109 Å². The van der Waals surface area contributed by atoms with Crippen LogP contribution in [0, 0.1) is 0 Å². The lowest BCUT2D eigenvalue weighted by Gasteiger charge is -2.29. The minimum absolute atomic E-state index is 0. The number of methoxy groups -OCH3 is 2. The zero-order valence-corrected chi connectivity index (χ0v) is 38.8. The van der Waals surface area contributed by atoms with Crippen LogP contribution in [-0.2, 0) is 41.7 Å². The fourth-order valence-electron chi connectivity index (χ4n) is 9.05. The van der Waals surface area contributed by atoms with Crippen molar-refractivity contribution in [2.24, 2.45) is 0 Å². The van der Waals surface area contributed by atoms with Crippen LogP contribution in [0.5, 0.6) is 0 Å². The van der Waals surface area contributed by atoms with Crippen molar-refractivity contribution in [3.8, 4) is 0 Å². The zero-order chi connectivity index (χ0) is 47.5. The number of likely N-dealkylation sites (N-methyl/N-ethyl adjacent to an activating group) is 1. The molecule has 2 amide bonds. The van der Waals surface area contributed by atoms with Gasteiger partial charge < -0.3 is 29.7 Å². The second-order valence-electron chi connectivity index (χ2n) is 16.7. The Balaban J connectivity index is 0.000000242. The number of aliphatic hydroxyl groups is 1. The summed E-state index contributed by atoms with van der Waals surface area (Å²) >= 11 is 0. The van der Waals surface area contributed by atoms with Crippen molar-refractivity contribution in [2.75, 3.05) is 41.5 Å². The molecule has 4 atom stereocenters. The number of carbonyl (C=O) groups excluding carboxylic acids is 4. The number of nitrogens with zero attached hydrogens (tertiary/aromatic N) is 3. The maximum absolute atomic E-state index is 14.0. The van der Waals surface area contributed by atoms with Crippen LogP contribution >= 0.6 is 0 Å². The number of esters is 2. The normalized spacial score (nSPS) is 17.3. The molecule has 0 aromatic heterocycles. The third kappa shape index (κ3) is 13.4. The molecule has 2 fully saturated rings. The Bertz CT molecular complexity index is 2350. The molecule has 68 heavy (non-hydrogen) atoms. The van der Waals surface area contributed by atoms with Crippen molar-refractivity contribution in [3.05, 3.63) is 215 Å². The van der Waals surface area contributed by atoms with Gasteiger partial charge in [-0.05, 0) is 53.3 Å². The summed E-state index contributed by atoms with van der Waals surface area (Å²) in [5, 5.41) is 10.5. The number of likely N-dealkylation sites (tertiary alicyclic amines) is 2. The Morgan fingerprint density at radius 2 is 0.882 bits per heavy atom. The molecule has 2 aliphatic heterocycles. The Morgan fingerprint density at radius 3 is 1.26 bits per heavy atom. The minimum atomic E-state index is -0.601. The van der Waals surface area contributed by atoms with E-state index in [0.29, 0.717) is 32.5 Å². The van der Waals surface area contributed by atoms with Gasteiger partial charge in [0.1, 0.15) is 12.1 Å². The van der Waals surface area contributed by atoms with Gasteiger partial charge in [-0.1, -0.05) is 189 Å². The first-order valence-electron chi connectivity index (χ1n) is 22.7. The summed E-state index contributed by atoms with van der Waals surface area (Å²) in [5.41, 5.74) is 6.02. The second kappa shape index (κ2) is 26.4. The average molecular weight is 919 g/mol. The van der Waals surface area contributed by atoms with Gasteiger partial charge in [0.15, 0.2) is 0 Å². The molecule has 11 heteroatoms. The van der Waals surface area contributed by atoms with Crippen molar-refractivity contribution in [3.63, 3.8) is 0 Å². The molecule has 356 valence electrons. The third-order valence-electron chi connectivity index (χ3n) is 12.5. The van der Waals surface area contributed by atoms with Crippen LogP contribution in [0.15, 0.2) is 182 Å². The summed E-state index contributed by atoms with van der Waals surface area (Å²) < 4.78 is 10.2. The van der Waals surface area contributed by atoms with Gasteiger partial charge in [0.2, 0.25) is 11.8 Å². The van der Waals surface area contributed by atoms with E-state index in [2.05, 4.69) is 34.5 Å². The van der Waals surface area contributed by atoms with Crippen LogP contribution in [0.25, 0.3) is 0 Å². The van der Waals surface area contributed by atoms with Crippen LogP contribution in [0.4, 0.5) is 0 Å². The highest BCUT2D eigenvalue weighted by atomic mass is 16.5. The summed E-state index contributed by atoms with van der Waals surface area (Å²) in [7, 11) is 5.81. The lowest BCUT2D eigenvalue weighted by molar-refractivity contribution is -0.151. The highest BCUT2D eigenvalue weighted by molar-refractivity contribution is 5.92. The van der Waals surface area contributed by atoms with E-state index in [1.807, 2.05) is 165 Å². The zero-order valence-electron chi connectivity index (χ0n) is 38.8. The van der Waals surface area contributed by atoms with Crippen molar-refractivity contribution >= 4 is 23.8 Å². The maximum atomic E-state index is 14.0. The predicted octanol–water partition coefficient (Wildman–Crippen LogP) is 8.09. The van der Waals surface area contributed by atoms with Crippen LogP contribution in [0.3, 0.4) is 0 Å². The van der Waals surface area contributed by atoms with Gasteiger partial charge in [-0.25, -0.2) is 9.59 Å². The SMILES string of the molecule is C.CO.COC(=O)[C@@H]1C[C@H](N(C)Cc2ccccc2)CN1C(=O)C(c1ccccc1)c1ccccc1.COC(=O)[C@@H]1C[C@H](NCc2ccccc2)CN1C(=O)C(c1ccccc1)c1ccccc1. The first-order chi connectivity index (χ1) is 32.7. The lowest BCUT2D eigenvalue weighted by atomic mass is 9.90. The van der Waals surface area contributed by atoms with Gasteiger partial charge in [-0.2, -0.15) is 0 Å². The van der Waals surface area contributed by atoms with Gasteiger partial charge in [-0.3, -0.25) is 14.5 Å². The highest BCUT2D eigenvalue weighted by Crippen LogP contribution is 2.33. The quantitative estimate of drug-likeness (QED) is 0.104. The Labute approximate surface area is 402 Å². The molecule has 6 aromatic carbocycles. The first-order valence-corrected chi connectivity index (χ1v) is 22.7. The number of aliphatic hydroxyl groups excluding tert-OH is 1. The molecule has 0 aliphatic carbocycles. The van der Waals surface area contributed by atoms with Crippen molar-refractivity contribution in [2.45, 2.75) is 69.4 Å². The molecule has 2 heterocycles. The summed E-state index contributed by atoms with van der Waals surface area (Å²) in [6, 6.07) is 58.2. The number of hydrogen-bond donors (Lipinski definition) is 2. The minimum Gasteiger partial charge on any atom is -0.467 e. The van der Waals surface area contributed by atoms with E-state index in [4.69, 9.17) is 14.6 Å². The van der Waals surface area contributed by atoms with Crippen LogP contribution in [0.2, 0.25) is 0 Å². The molecule has 0 unspecified atom stereocenters. The fourth-order valence-corrected chi connectivity index (χ4v) is 9.05. The highest BCUT2D eigenvalue weighted by Gasteiger charge is 2.45. The monoisotopic (exact) mass is 918 g/mol. The molecule has 8 rings (SSSR count). The number of hydrogen-bond acceptors (Lipinski definition) is 9. The van der Waals surface area contributed by atoms with E-state index >= 15 is 0 Å². The molecule has 0 bridgehead atoms. The molecular formula is C57H66N4O7. The number of amides is 2. The van der Waals surface area contributed by atoms with E-state index in [9.17, 15) is 19.2 Å². The molecular weight excluding hydrogens is 853 g/mol. The Kier molecular flexibility index (Phi) is 20.2. The predicted molar refractivity (Wildman–Crippen MR) is 267 cm³/mol. The van der Waals surface area contributed by atoms with Gasteiger partial charge >= 0.3 is 11.9 Å². The molecule has 0 saturated carbocycles. The molecule has 6 aromatic rings. The van der Waals surface area contributed by atoms with E-state index in [-0.39, 0.29) is 43.3 Å². The Morgan fingerprint density at radius 1 is 0.544 bits per heavy atom. The number of nitrogens with one attached hydrogen (secondary N) is 1.